The van der Waals surface area contributed by atoms with Gasteiger partial charge in [-0.05, 0) is 76.1 Å². The predicted molar refractivity (Wildman–Crippen MR) is 232 cm³/mol. The molecule has 1 aromatic carbocycles. The van der Waals surface area contributed by atoms with Crippen molar-refractivity contribution in [3.63, 3.8) is 0 Å². The number of carboxylic acids is 1. The van der Waals surface area contributed by atoms with E-state index < -0.39 is 148 Å². The van der Waals surface area contributed by atoms with Gasteiger partial charge in [-0.2, -0.15) is 8.42 Å². The number of aliphatic carboxylic acids is 1. The first-order valence-corrected chi connectivity index (χ1v) is 23.5. The molecule has 25 heteroatoms. The van der Waals surface area contributed by atoms with E-state index in [-0.39, 0.29) is 44.6 Å². The highest BCUT2D eigenvalue weighted by molar-refractivity contribution is 7.85. The number of hydrogen-bond donors (Lipinski definition) is 8. The van der Waals surface area contributed by atoms with E-state index in [0.29, 0.717) is 11.1 Å². The van der Waals surface area contributed by atoms with Gasteiger partial charge in [-0.3, -0.25) is 43.0 Å². The number of carbonyl (C=O) groups is 8. The van der Waals surface area contributed by atoms with Crippen LogP contribution in [0.15, 0.2) is 18.2 Å². The van der Waals surface area contributed by atoms with Gasteiger partial charge in [-0.1, -0.05) is 19.9 Å². The summed E-state index contributed by atoms with van der Waals surface area (Å²) in [6.07, 6.45) is -8.71. The summed E-state index contributed by atoms with van der Waals surface area (Å²) in [5.74, 6) is -7.61. The molecule has 3 heterocycles. The number of ether oxygens (including phenoxy) is 3. The van der Waals surface area contributed by atoms with Crippen molar-refractivity contribution in [2.75, 3.05) is 30.8 Å². The maximum Gasteiger partial charge on any atom is 0.335 e. The Morgan fingerprint density at radius 1 is 0.955 bits per heavy atom. The molecule has 3 fully saturated rings. The Bertz CT molecular complexity index is 2130. The SMILES string of the molecule is CC(C)[C@H](NC(=O)CN1C(=O)[C@@H](N2C(=O)CC(P)C2=O)C[C@H]1COCCS(=O)(=O)O)C(=O)N[C@@H](C)C(=O)Nc1ccc(COC(=O)C(C)(C)C)c(CC[C@@H]2O[C@H](C(=O)O)[C@@H](O)[C@H](O)[C@H]2O)c1. The Balaban J connectivity index is 1.44. The highest BCUT2D eigenvalue weighted by Gasteiger charge is 2.51. The first kappa shape index (κ1) is 53.9. The van der Waals surface area contributed by atoms with E-state index in [0.717, 1.165) is 9.80 Å². The van der Waals surface area contributed by atoms with E-state index >= 15 is 0 Å². The van der Waals surface area contributed by atoms with Crippen LogP contribution in [0.4, 0.5) is 5.69 Å². The minimum Gasteiger partial charge on any atom is -0.479 e. The molecule has 0 aliphatic carbocycles. The summed E-state index contributed by atoms with van der Waals surface area (Å²) >= 11 is 0. The van der Waals surface area contributed by atoms with Crippen molar-refractivity contribution in [3.8, 4) is 0 Å². The summed E-state index contributed by atoms with van der Waals surface area (Å²) < 4.78 is 47.7. The molecule has 2 unspecified atom stereocenters. The second kappa shape index (κ2) is 22.4. The summed E-state index contributed by atoms with van der Waals surface area (Å²) in [5.41, 5.74) is -0.408. The Hall–Kier alpha value is -4.68. The second-order valence-electron chi connectivity index (χ2n) is 17.9. The van der Waals surface area contributed by atoms with Crippen LogP contribution in [0.1, 0.15) is 71.9 Å². The van der Waals surface area contributed by atoms with Crippen LogP contribution in [-0.2, 0) is 75.7 Å². The van der Waals surface area contributed by atoms with Gasteiger partial charge >= 0.3 is 11.9 Å². The van der Waals surface area contributed by atoms with Gasteiger partial charge in [0.05, 0.1) is 48.7 Å². The highest BCUT2D eigenvalue weighted by atomic mass is 32.2. The lowest BCUT2D eigenvalue weighted by atomic mass is 9.91. The molecule has 0 bridgehead atoms. The van der Waals surface area contributed by atoms with Crippen molar-refractivity contribution in [1.82, 2.24) is 20.4 Å². The van der Waals surface area contributed by atoms with Crippen LogP contribution in [-0.4, -0.2) is 176 Å². The van der Waals surface area contributed by atoms with Crippen LogP contribution in [0.5, 0.6) is 0 Å². The third kappa shape index (κ3) is 13.9. The third-order valence-electron chi connectivity index (χ3n) is 11.3. The summed E-state index contributed by atoms with van der Waals surface area (Å²) in [6, 6.07) is -0.0360. The Morgan fingerprint density at radius 2 is 1.62 bits per heavy atom. The lowest BCUT2D eigenvalue weighted by molar-refractivity contribution is -0.228. The largest absolute Gasteiger partial charge is 0.479 e. The smallest absolute Gasteiger partial charge is 0.335 e. The molecular weight excluding hydrogens is 914 g/mol. The summed E-state index contributed by atoms with van der Waals surface area (Å²) in [4.78, 5) is 106. The number of likely N-dealkylation sites (tertiary alicyclic amines) is 2. The Kier molecular flexibility index (Phi) is 18.3. The zero-order chi connectivity index (χ0) is 49.6. The average molecular weight is 974 g/mol. The predicted octanol–water partition coefficient (Wildman–Crippen LogP) is -1.90. The molecule has 11 atom stereocenters. The minimum atomic E-state index is -4.38. The molecule has 0 saturated carbocycles. The number of hydrogen-bond acceptors (Lipinski definition) is 16. The van der Waals surface area contributed by atoms with Crippen molar-refractivity contribution in [2.24, 2.45) is 11.3 Å². The van der Waals surface area contributed by atoms with Gasteiger partial charge in [-0.15, -0.1) is 9.24 Å². The van der Waals surface area contributed by atoms with Crippen molar-refractivity contribution < 1.29 is 86.0 Å². The van der Waals surface area contributed by atoms with Gasteiger partial charge in [0.25, 0.3) is 10.1 Å². The molecule has 4 rings (SSSR count). The molecule has 3 saturated heterocycles. The third-order valence-corrected chi connectivity index (χ3v) is 12.5. The number of aryl methyl sites for hydroxylation is 1. The number of nitrogens with one attached hydrogen (secondary N) is 3. The number of imide groups is 1. The molecule has 0 aromatic heterocycles. The summed E-state index contributed by atoms with van der Waals surface area (Å²) in [6.45, 7) is 7.98. The van der Waals surface area contributed by atoms with Gasteiger partial charge in [0.15, 0.2) is 6.10 Å². The van der Waals surface area contributed by atoms with E-state index in [1.807, 2.05) is 0 Å². The molecule has 66 heavy (non-hydrogen) atoms. The molecule has 3 aliphatic heterocycles. The van der Waals surface area contributed by atoms with E-state index in [1.165, 1.54) is 19.1 Å². The quantitative estimate of drug-likeness (QED) is 0.0233. The minimum absolute atomic E-state index is 0.0451. The first-order valence-electron chi connectivity index (χ1n) is 21.2. The van der Waals surface area contributed by atoms with E-state index in [4.69, 9.17) is 18.8 Å². The molecule has 0 spiro atoms. The molecule has 6 amide bonds. The zero-order valence-electron chi connectivity index (χ0n) is 37.4. The number of amides is 6. The molecule has 1 aromatic rings. The maximum absolute atomic E-state index is 13.7. The van der Waals surface area contributed by atoms with Crippen LogP contribution in [0.3, 0.4) is 0 Å². The molecular formula is C41H60N5O18PS. The van der Waals surface area contributed by atoms with Crippen LogP contribution < -0.4 is 16.0 Å². The zero-order valence-corrected chi connectivity index (χ0v) is 39.3. The monoisotopic (exact) mass is 973 g/mol. The number of benzene rings is 1. The number of aliphatic hydroxyl groups excluding tert-OH is 3. The lowest BCUT2D eigenvalue weighted by Crippen LogP contribution is -2.59. The number of carbonyl (C=O) groups excluding carboxylic acids is 7. The van der Waals surface area contributed by atoms with Gasteiger partial charge in [0.1, 0.15) is 43.0 Å². The molecule has 3 aliphatic rings. The highest BCUT2D eigenvalue weighted by Crippen LogP contribution is 2.31. The molecule has 23 nitrogen and oxygen atoms in total. The molecule has 0 radical (unpaired) electrons. The topological polar surface area (TPSA) is 342 Å². The van der Waals surface area contributed by atoms with E-state index in [2.05, 4.69) is 25.2 Å². The molecule has 368 valence electrons. The van der Waals surface area contributed by atoms with Gasteiger partial charge in [-0.25, -0.2) is 4.79 Å². The second-order valence-corrected chi connectivity index (χ2v) is 20.3. The molecule has 8 N–H and O–H groups in total. The van der Waals surface area contributed by atoms with Crippen molar-refractivity contribution in [3.05, 3.63) is 29.3 Å². The van der Waals surface area contributed by atoms with Gasteiger partial charge in [0.2, 0.25) is 35.4 Å². The number of nitrogens with zero attached hydrogens (tertiary/aromatic N) is 2. The normalized spacial score (nSPS) is 25.7. The van der Waals surface area contributed by atoms with Crippen LogP contribution in [0, 0.1) is 11.3 Å². The number of anilines is 1. The fourth-order valence-corrected chi connectivity index (χ4v) is 8.17. The van der Waals surface area contributed by atoms with Crippen molar-refractivity contribution >= 4 is 72.4 Å². The number of aliphatic hydroxyl groups is 3. The Morgan fingerprint density at radius 3 is 2.20 bits per heavy atom. The standard InChI is InChI=1S/C41H60N5O18PS/c1-19(2)30(44-28(47)16-45-24(18-62-11-12-66(59,60)61)14-25(37(45)54)46-29(48)15-27(65)38(46)55)36(53)42-20(3)35(52)43-23-9-7-22(17-63-40(58)41(4,5)6)21(13-23)8-10-26-31(49)32(50)33(51)34(64-26)39(56)57/h7,9,13,19-20,24-27,30-34,49-51H,8,10-12,14-18,65H2,1-6H3,(H,42,53)(H,43,52)(H,44,47)(H,56,57)(H,59,60,61)/t20-,24-,25-,26-,27?,30-,31-,32+,33-,34-/m0/s1. The fourth-order valence-electron chi connectivity index (χ4n) is 7.48. The van der Waals surface area contributed by atoms with Gasteiger partial charge < -0.3 is 55.5 Å². The number of carboxylic acid groups (broad SMARTS) is 1. The van der Waals surface area contributed by atoms with Crippen LogP contribution >= 0.6 is 9.24 Å². The fraction of sp³-hybridized carbons (Fsp3) is 0.659. The summed E-state index contributed by atoms with van der Waals surface area (Å²) in [7, 11) is -2.14. The van der Waals surface area contributed by atoms with Crippen molar-refractivity contribution in [1.29, 1.82) is 0 Å². The van der Waals surface area contributed by atoms with Crippen molar-refractivity contribution in [2.45, 2.75) is 134 Å². The lowest BCUT2D eigenvalue weighted by Gasteiger charge is -2.39. The van der Waals surface area contributed by atoms with E-state index in [1.54, 1.807) is 40.7 Å². The number of esters is 1. The maximum atomic E-state index is 13.7. The first-order chi connectivity index (χ1) is 30.6. The van der Waals surface area contributed by atoms with E-state index in [9.17, 15) is 67.2 Å². The van der Waals surface area contributed by atoms with Gasteiger partial charge in [0, 0.05) is 12.1 Å². The summed E-state index contributed by atoms with van der Waals surface area (Å²) in [5, 5.41) is 48.3. The Labute approximate surface area is 383 Å². The average Bonchev–Trinajstić information content (AvgIpc) is 3.65. The van der Waals surface area contributed by atoms with Crippen LogP contribution in [0.2, 0.25) is 0 Å². The van der Waals surface area contributed by atoms with Crippen LogP contribution in [0.25, 0.3) is 0 Å². The number of rotatable bonds is 20.